The van der Waals surface area contributed by atoms with Crippen molar-refractivity contribution in [1.82, 2.24) is 9.55 Å². The lowest BCUT2D eigenvalue weighted by atomic mass is 10.1. The number of carbonyl (C=O) groups is 1. The monoisotopic (exact) mass is 294 g/mol. The predicted molar refractivity (Wildman–Crippen MR) is 82.9 cm³/mol. The third kappa shape index (κ3) is 2.74. The van der Waals surface area contributed by atoms with Gasteiger partial charge in [-0.3, -0.25) is 14.6 Å². The van der Waals surface area contributed by atoms with E-state index in [1.807, 2.05) is 42.5 Å². The largest absolute Gasteiger partial charge is 0.481 e. The van der Waals surface area contributed by atoms with E-state index in [9.17, 15) is 9.59 Å². The molecule has 2 heterocycles. The van der Waals surface area contributed by atoms with E-state index in [1.165, 1.54) is 6.07 Å². The van der Waals surface area contributed by atoms with Crippen molar-refractivity contribution in [3.8, 4) is 0 Å². The van der Waals surface area contributed by atoms with Crippen LogP contribution < -0.4 is 5.56 Å². The molecule has 3 rings (SSSR count). The fraction of sp³-hybridized carbons (Fsp3) is 0.118. The maximum Gasteiger partial charge on any atom is 0.307 e. The maximum atomic E-state index is 12.4. The Hall–Kier alpha value is -2.95. The van der Waals surface area contributed by atoms with Gasteiger partial charge < -0.3 is 9.67 Å². The topological polar surface area (TPSA) is 72.2 Å². The van der Waals surface area contributed by atoms with Gasteiger partial charge in [-0.05, 0) is 23.8 Å². The van der Waals surface area contributed by atoms with Gasteiger partial charge in [-0.2, -0.15) is 0 Å². The normalized spacial score (nSPS) is 10.7. The quantitative estimate of drug-likeness (QED) is 0.799. The van der Waals surface area contributed by atoms with Crippen LogP contribution in [0.25, 0.3) is 10.9 Å². The molecule has 1 aromatic carbocycles. The number of nitrogens with zero attached hydrogens (tertiary/aromatic N) is 2. The predicted octanol–water partition coefficient (Wildman–Crippen LogP) is 2.07. The Kier molecular flexibility index (Phi) is 3.70. The van der Waals surface area contributed by atoms with E-state index in [4.69, 9.17) is 5.11 Å². The number of carboxylic acids is 1. The van der Waals surface area contributed by atoms with Crippen LogP contribution in [0.4, 0.5) is 0 Å². The molecule has 0 unspecified atom stereocenters. The number of aromatic nitrogens is 2. The van der Waals surface area contributed by atoms with Gasteiger partial charge in [0.15, 0.2) is 0 Å². The van der Waals surface area contributed by atoms with Crippen LogP contribution >= 0.6 is 0 Å². The zero-order chi connectivity index (χ0) is 15.5. The number of pyridine rings is 2. The van der Waals surface area contributed by atoms with Gasteiger partial charge in [0.1, 0.15) is 0 Å². The highest BCUT2D eigenvalue weighted by molar-refractivity contribution is 5.86. The highest BCUT2D eigenvalue weighted by atomic mass is 16.4. The number of hydrogen-bond acceptors (Lipinski definition) is 3. The Bertz CT molecular complexity index is 885. The first kappa shape index (κ1) is 14.0. The molecule has 0 atom stereocenters. The first-order valence-corrected chi connectivity index (χ1v) is 6.88. The Morgan fingerprint density at radius 2 is 1.91 bits per heavy atom. The number of carboxylic acid groups (broad SMARTS) is 1. The number of aliphatic carboxylic acids is 1. The average Bonchev–Trinajstić information content (AvgIpc) is 2.52. The van der Waals surface area contributed by atoms with Crippen molar-refractivity contribution in [2.24, 2.45) is 0 Å². The smallest absolute Gasteiger partial charge is 0.307 e. The molecule has 0 aliphatic rings. The lowest BCUT2D eigenvalue weighted by molar-refractivity contribution is -0.136. The Morgan fingerprint density at radius 3 is 2.64 bits per heavy atom. The van der Waals surface area contributed by atoms with Gasteiger partial charge in [-0.1, -0.05) is 24.3 Å². The SMILES string of the molecule is O=C(O)Cc1cc(=O)n(Cc2ccccn2)c2ccccc12. The summed E-state index contributed by atoms with van der Waals surface area (Å²) in [5.74, 6) is -0.952. The van der Waals surface area contributed by atoms with Crippen molar-refractivity contribution in [1.29, 1.82) is 0 Å². The molecular formula is C17H14N2O3. The minimum atomic E-state index is -0.952. The van der Waals surface area contributed by atoms with E-state index >= 15 is 0 Å². The van der Waals surface area contributed by atoms with Gasteiger partial charge in [0.2, 0.25) is 0 Å². The Balaban J connectivity index is 2.17. The van der Waals surface area contributed by atoms with Gasteiger partial charge >= 0.3 is 5.97 Å². The number of benzene rings is 1. The summed E-state index contributed by atoms with van der Waals surface area (Å²) in [6.45, 7) is 0.355. The summed E-state index contributed by atoms with van der Waals surface area (Å²) >= 11 is 0. The molecule has 0 aliphatic heterocycles. The second-order valence-corrected chi connectivity index (χ2v) is 5.00. The van der Waals surface area contributed by atoms with Crippen LogP contribution in [0.1, 0.15) is 11.3 Å². The van der Waals surface area contributed by atoms with E-state index in [1.54, 1.807) is 10.8 Å². The number of fused-ring (bicyclic) bond motifs is 1. The van der Waals surface area contributed by atoms with E-state index in [0.29, 0.717) is 12.1 Å². The summed E-state index contributed by atoms with van der Waals surface area (Å²) in [7, 11) is 0. The third-order valence-electron chi connectivity index (χ3n) is 3.49. The summed E-state index contributed by atoms with van der Waals surface area (Å²) in [5.41, 5.74) is 1.81. The van der Waals surface area contributed by atoms with Crippen molar-refractivity contribution in [2.45, 2.75) is 13.0 Å². The van der Waals surface area contributed by atoms with Gasteiger partial charge in [0, 0.05) is 17.6 Å². The van der Waals surface area contributed by atoms with Crippen LogP contribution in [0.2, 0.25) is 0 Å². The van der Waals surface area contributed by atoms with Crippen molar-refractivity contribution in [3.63, 3.8) is 0 Å². The van der Waals surface area contributed by atoms with Gasteiger partial charge in [-0.15, -0.1) is 0 Å². The van der Waals surface area contributed by atoms with Crippen molar-refractivity contribution in [3.05, 3.63) is 76.3 Å². The molecule has 0 bridgehead atoms. The molecule has 0 saturated carbocycles. The molecule has 22 heavy (non-hydrogen) atoms. The van der Waals surface area contributed by atoms with Crippen LogP contribution in [0.15, 0.2) is 59.5 Å². The Labute approximate surface area is 126 Å². The molecular weight excluding hydrogens is 280 g/mol. The third-order valence-corrected chi connectivity index (χ3v) is 3.49. The van der Waals surface area contributed by atoms with Crippen molar-refractivity contribution < 1.29 is 9.90 Å². The highest BCUT2D eigenvalue weighted by Crippen LogP contribution is 2.18. The molecule has 0 aliphatic carbocycles. The molecule has 0 saturated heterocycles. The van der Waals surface area contributed by atoms with E-state index in [0.717, 1.165) is 16.6 Å². The zero-order valence-corrected chi connectivity index (χ0v) is 11.8. The van der Waals surface area contributed by atoms with E-state index in [2.05, 4.69) is 4.98 Å². The fourth-order valence-corrected chi connectivity index (χ4v) is 2.53. The summed E-state index contributed by atoms with van der Waals surface area (Å²) in [5, 5.41) is 9.78. The van der Waals surface area contributed by atoms with E-state index < -0.39 is 5.97 Å². The van der Waals surface area contributed by atoms with Crippen molar-refractivity contribution >= 4 is 16.9 Å². The standard InChI is InChI=1S/C17H14N2O3/c20-16-9-12(10-17(21)22)14-6-1-2-7-15(14)19(16)11-13-5-3-4-8-18-13/h1-9H,10-11H2,(H,21,22). The average molecular weight is 294 g/mol. The number of para-hydroxylation sites is 1. The zero-order valence-electron chi connectivity index (χ0n) is 11.8. The maximum absolute atomic E-state index is 12.4. The van der Waals surface area contributed by atoms with Crippen LogP contribution in [0, 0.1) is 0 Å². The summed E-state index contributed by atoms with van der Waals surface area (Å²) < 4.78 is 1.61. The fourth-order valence-electron chi connectivity index (χ4n) is 2.53. The molecule has 5 nitrogen and oxygen atoms in total. The Morgan fingerprint density at radius 1 is 1.14 bits per heavy atom. The number of hydrogen-bond donors (Lipinski definition) is 1. The van der Waals surface area contributed by atoms with Crippen LogP contribution in [-0.2, 0) is 17.8 Å². The van der Waals surface area contributed by atoms with Crippen molar-refractivity contribution in [2.75, 3.05) is 0 Å². The van der Waals surface area contributed by atoms with E-state index in [-0.39, 0.29) is 12.0 Å². The molecule has 2 aromatic heterocycles. The number of rotatable bonds is 4. The minimum absolute atomic E-state index is 0.166. The lowest BCUT2D eigenvalue weighted by Gasteiger charge is -2.12. The van der Waals surface area contributed by atoms with Crippen LogP contribution in [0.5, 0.6) is 0 Å². The van der Waals surface area contributed by atoms with Crippen LogP contribution in [-0.4, -0.2) is 20.6 Å². The second kappa shape index (κ2) is 5.81. The molecule has 110 valence electrons. The van der Waals surface area contributed by atoms with Gasteiger partial charge in [-0.25, -0.2) is 0 Å². The molecule has 0 spiro atoms. The molecule has 0 fully saturated rings. The molecule has 5 heteroatoms. The molecule has 0 radical (unpaired) electrons. The van der Waals surface area contributed by atoms with Crippen LogP contribution in [0.3, 0.4) is 0 Å². The summed E-state index contributed by atoms with van der Waals surface area (Å²) in [4.78, 5) is 27.6. The highest BCUT2D eigenvalue weighted by Gasteiger charge is 2.11. The summed E-state index contributed by atoms with van der Waals surface area (Å²) in [6, 6.07) is 14.3. The minimum Gasteiger partial charge on any atom is -0.481 e. The molecule has 3 aromatic rings. The second-order valence-electron chi connectivity index (χ2n) is 5.00. The van der Waals surface area contributed by atoms with Gasteiger partial charge in [0.25, 0.3) is 5.56 Å². The molecule has 0 amide bonds. The lowest BCUT2D eigenvalue weighted by Crippen LogP contribution is -2.22. The summed E-state index contributed by atoms with van der Waals surface area (Å²) in [6.07, 6.45) is 1.52. The first-order valence-electron chi connectivity index (χ1n) is 6.88. The van der Waals surface area contributed by atoms with Gasteiger partial charge in [0.05, 0.1) is 24.2 Å². The first-order chi connectivity index (χ1) is 10.6. The molecule has 1 N–H and O–H groups in total.